The molecule has 0 N–H and O–H groups in total. The topological polar surface area (TPSA) is 39.2 Å². The Bertz CT molecular complexity index is 506. The summed E-state index contributed by atoms with van der Waals surface area (Å²) in [4.78, 5) is 16.0. The predicted molar refractivity (Wildman–Crippen MR) is 71.0 cm³/mol. The van der Waals surface area contributed by atoms with Crippen LogP contribution >= 0.6 is 11.6 Å². The number of aromatic nitrogens is 1. The van der Waals surface area contributed by atoms with Gasteiger partial charge in [-0.1, -0.05) is 17.7 Å². The summed E-state index contributed by atoms with van der Waals surface area (Å²) in [7, 11) is 0. The maximum absolute atomic E-state index is 11.9. The summed E-state index contributed by atoms with van der Waals surface area (Å²) in [5.74, 6) is -0.267. The van der Waals surface area contributed by atoms with Crippen LogP contribution in [0.15, 0.2) is 41.2 Å². The van der Waals surface area contributed by atoms with E-state index in [2.05, 4.69) is 4.98 Å². The van der Waals surface area contributed by atoms with E-state index >= 15 is 0 Å². The second-order valence-electron chi connectivity index (χ2n) is 3.95. The fourth-order valence-corrected chi connectivity index (χ4v) is 2.11. The molecule has 0 unspecified atom stereocenters. The standard InChI is InChI=1S/C14H14ClNO2/c1-2-18-14(17)12-6-5-11(15)8-13(12)10-4-3-7-16-9-10/h3-4,7-9H,2,5-6H2,1H3. The third kappa shape index (κ3) is 2.79. The van der Waals surface area contributed by atoms with E-state index < -0.39 is 0 Å². The van der Waals surface area contributed by atoms with Crippen molar-refractivity contribution >= 4 is 23.1 Å². The molecule has 0 aromatic carbocycles. The number of nitrogens with zero attached hydrogens (tertiary/aromatic N) is 1. The van der Waals surface area contributed by atoms with Crippen LogP contribution in [-0.2, 0) is 9.53 Å². The lowest BCUT2D eigenvalue weighted by atomic mass is 9.93. The molecule has 3 nitrogen and oxygen atoms in total. The highest BCUT2D eigenvalue weighted by Crippen LogP contribution is 2.32. The summed E-state index contributed by atoms with van der Waals surface area (Å²) < 4.78 is 5.08. The number of hydrogen-bond acceptors (Lipinski definition) is 3. The van der Waals surface area contributed by atoms with E-state index in [0.29, 0.717) is 25.0 Å². The van der Waals surface area contributed by atoms with Crippen molar-refractivity contribution in [1.82, 2.24) is 4.98 Å². The number of hydrogen-bond donors (Lipinski definition) is 0. The van der Waals surface area contributed by atoms with Crippen LogP contribution in [0.4, 0.5) is 0 Å². The van der Waals surface area contributed by atoms with E-state index in [1.165, 1.54) is 0 Å². The molecule has 0 aliphatic heterocycles. The molecule has 94 valence electrons. The van der Waals surface area contributed by atoms with Crippen LogP contribution in [0.1, 0.15) is 25.3 Å². The van der Waals surface area contributed by atoms with Crippen molar-refractivity contribution in [3.63, 3.8) is 0 Å². The first-order chi connectivity index (χ1) is 8.72. The zero-order chi connectivity index (χ0) is 13.0. The van der Waals surface area contributed by atoms with Gasteiger partial charge < -0.3 is 4.74 Å². The van der Waals surface area contributed by atoms with Crippen molar-refractivity contribution in [3.8, 4) is 0 Å². The Balaban J connectivity index is 2.45. The Morgan fingerprint density at radius 1 is 1.50 bits per heavy atom. The lowest BCUT2D eigenvalue weighted by molar-refractivity contribution is -0.138. The Kier molecular flexibility index (Phi) is 4.15. The minimum atomic E-state index is -0.267. The van der Waals surface area contributed by atoms with E-state index in [4.69, 9.17) is 16.3 Å². The molecular weight excluding hydrogens is 250 g/mol. The number of halogens is 1. The molecule has 0 atom stereocenters. The summed E-state index contributed by atoms with van der Waals surface area (Å²) in [5, 5.41) is 0.752. The molecule has 0 saturated heterocycles. The number of ether oxygens (including phenoxy) is 1. The lowest BCUT2D eigenvalue weighted by Gasteiger charge is -2.16. The Labute approximate surface area is 111 Å². The fraction of sp³-hybridized carbons (Fsp3) is 0.286. The second-order valence-corrected chi connectivity index (χ2v) is 4.43. The van der Waals surface area contributed by atoms with E-state index in [1.54, 1.807) is 19.3 Å². The first kappa shape index (κ1) is 12.8. The van der Waals surface area contributed by atoms with Crippen molar-refractivity contribution in [2.24, 2.45) is 0 Å². The molecule has 1 aliphatic carbocycles. The third-order valence-electron chi connectivity index (χ3n) is 2.73. The largest absolute Gasteiger partial charge is 0.463 e. The van der Waals surface area contributed by atoms with Gasteiger partial charge in [0.1, 0.15) is 0 Å². The van der Waals surface area contributed by atoms with E-state index in [9.17, 15) is 4.79 Å². The molecule has 0 spiro atoms. The number of pyridine rings is 1. The van der Waals surface area contributed by atoms with E-state index in [0.717, 1.165) is 16.2 Å². The second kappa shape index (κ2) is 5.83. The Hall–Kier alpha value is -1.61. The molecule has 1 aromatic heterocycles. The molecule has 1 heterocycles. The lowest BCUT2D eigenvalue weighted by Crippen LogP contribution is -2.12. The highest BCUT2D eigenvalue weighted by molar-refractivity contribution is 6.30. The first-order valence-corrected chi connectivity index (χ1v) is 6.27. The molecule has 0 fully saturated rings. The maximum Gasteiger partial charge on any atom is 0.334 e. The van der Waals surface area contributed by atoms with Crippen molar-refractivity contribution < 1.29 is 9.53 Å². The average Bonchev–Trinajstić information content (AvgIpc) is 2.40. The minimum Gasteiger partial charge on any atom is -0.463 e. The molecular formula is C14H14ClNO2. The first-order valence-electron chi connectivity index (χ1n) is 5.89. The highest BCUT2D eigenvalue weighted by Gasteiger charge is 2.20. The molecule has 18 heavy (non-hydrogen) atoms. The zero-order valence-corrected chi connectivity index (χ0v) is 10.9. The highest BCUT2D eigenvalue weighted by atomic mass is 35.5. The summed E-state index contributed by atoms with van der Waals surface area (Å²) in [6, 6.07) is 3.75. The van der Waals surface area contributed by atoms with Gasteiger partial charge in [-0.15, -0.1) is 0 Å². The summed E-state index contributed by atoms with van der Waals surface area (Å²) in [5.41, 5.74) is 2.38. The molecule has 0 bridgehead atoms. The van der Waals surface area contributed by atoms with Crippen molar-refractivity contribution in [2.45, 2.75) is 19.8 Å². The average molecular weight is 264 g/mol. The summed E-state index contributed by atoms with van der Waals surface area (Å²) in [6.45, 7) is 2.17. The van der Waals surface area contributed by atoms with Gasteiger partial charge >= 0.3 is 5.97 Å². The van der Waals surface area contributed by atoms with Crippen LogP contribution in [0.3, 0.4) is 0 Å². The van der Waals surface area contributed by atoms with Gasteiger partial charge in [-0.05, 0) is 37.5 Å². The molecule has 4 heteroatoms. The van der Waals surface area contributed by atoms with Gasteiger partial charge in [0.2, 0.25) is 0 Å². The molecule has 2 rings (SSSR count). The van der Waals surface area contributed by atoms with E-state index in [1.807, 2.05) is 18.2 Å². The number of esters is 1. The number of allylic oxidation sites excluding steroid dienone is 3. The fourth-order valence-electron chi connectivity index (χ4n) is 1.90. The van der Waals surface area contributed by atoms with Gasteiger partial charge in [-0.2, -0.15) is 0 Å². The van der Waals surface area contributed by atoms with Crippen molar-refractivity contribution in [1.29, 1.82) is 0 Å². The van der Waals surface area contributed by atoms with Crippen LogP contribution in [0.25, 0.3) is 5.57 Å². The Morgan fingerprint density at radius 2 is 2.33 bits per heavy atom. The summed E-state index contributed by atoms with van der Waals surface area (Å²) in [6.07, 6.45) is 6.54. The van der Waals surface area contributed by atoms with Crippen LogP contribution in [0.2, 0.25) is 0 Å². The quantitative estimate of drug-likeness (QED) is 0.786. The van der Waals surface area contributed by atoms with E-state index in [-0.39, 0.29) is 5.97 Å². The van der Waals surface area contributed by atoms with Gasteiger partial charge in [0.05, 0.1) is 6.61 Å². The van der Waals surface area contributed by atoms with Crippen LogP contribution in [0.5, 0.6) is 0 Å². The van der Waals surface area contributed by atoms with Gasteiger partial charge in [-0.3, -0.25) is 4.98 Å². The molecule has 0 radical (unpaired) electrons. The van der Waals surface area contributed by atoms with Gasteiger partial charge in [0, 0.05) is 28.6 Å². The van der Waals surface area contributed by atoms with Crippen molar-refractivity contribution in [3.05, 3.63) is 46.8 Å². The number of rotatable bonds is 3. The monoisotopic (exact) mass is 263 g/mol. The normalized spacial score (nSPS) is 15.3. The molecule has 1 aliphatic rings. The van der Waals surface area contributed by atoms with Crippen LogP contribution in [0, 0.1) is 0 Å². The molecule has 0 amide bonds. The van der Waals surface area contributed by atoms with Gasteiger partial charge in [-0.25, -0.2) is 4.79 Å². The minimum absolute atomic E-state index is 0.267. The van der Waals surface area contributed by atoms with Gasteiger partial charge in [0.15, 0.2) is 0 Å². The summed E-state index contributed by atoms with van der Waals surface area (Å²) >= 11 is 6.06. The Morgan fingerprint density at radius 3 is 3.00 bits per heavy atom. The molecule has 1 aromatic rings. The maximum atomic E-state index is 11.9. The SMILES string of the molecule is CCOC(=O)C1=C(c2cccnc2)C=C(Cl)CC1. The third-order valence-corrected chi connectivity index (χ3v) is 3.03. The van der Waals surface area contributed by atoms with Crippen LogP contribution < -0.4 is 0 Å². The van der Waals surface area contributed by atoms with Gasteiger partial charge in [0.25, 0.3) is 0 Å². The zero-order valence-electron chi connectivity index (χ0n) is 10.1. The van der Waals surface area contributed by atoms with Crippen LogP contribution in [-0.4, -0.2) is 17.6 Å². The predicted octanol–water partition coefficient (Wildman–Crippen LogP) is 3.31. The van der Waals surface area contributed by atoms with Crippen molar-refractivity contribution in [2.75, 3.05) is 6.61 Å². The number of carbonyl (C=O) groups excluding carboxylic acids is 1. The molecule has 0 saturated carbocycles. The number of carbonyl (C=O) groups is 1. The smallest absolute Gasteiger partial charge is 0.334 e.